The third-order valence-corrected chi connectivity index (χ3v) is 6.80. The molecule has 4 heterocycles. The summed E-state index contributed by atoms with van der Waals surface area (Å²) in [6.07, 6.45) is 6.71. The molecule has 0 atom stereocenters. The predicted octanol–water partition coefficient (Wildman–Crippen LogP) is 4.59. The fourth-order valence-corrected chi connectivity index (χ4v) is 4.78. The van der Waals surface area contributed by atoms with Crippen molar-refractivity contribution >= 4 is 17.4 Å². The van der Waals surface area contributed by atoms with Crippen LogP contribution in [0.15, 0.2) is 48.7 Å². The number of rotatable bonds is 9. The monoisotopic (exact) mass is 471 g/mol. The summed E-state index contributed by atoms with van der Waals surface area (Å²) in [6.45, 7) is 6.55. The number of aromatic nitrogens is 2. The largest absolute Gasteiger partial charge is 0.478 e. The predicted molar refractivity (Wildman–Crippen MR) is 138 cm³/mol. The molecule has 2 aliphatic heterocycles. The number of likely N-dealkylation sites (tertiary alicyclic amines) is 1. The number of amides is 1. The molecule has 182 valence electrons. The first-order valence-electron chi connectivity index (χ1n) is 12.6. The second-order valence-corrected chi connectivity index (χ2v) is 9.43. The molecule has 3 aromatic rings. The van der Waals surface area contributed by atoms with Crippen LogP contribution in [0.2, 0.25) is 0 Å². The lowest BCUT2D eigenvalue weighted by atomic mass is 10.1. The van der Waals surface area contributed by atoms with Gasteiger partial charge in [-0.25, -0.2) is 0 Å². The van der Waals surface area contributed by atoms with E-state index in [0.717, 1.165) is 47.5 Å². The third kappa shape index (κ3) is 5.30. The first-order valence-corrected chi connectivity index (χ1v) is 12.6. The van der Waals surface area contributed by atoms with Crippen LogP contribution in [0.3, 0.4) is 0 Å². The van der Waals surface area contributed by atoms with Gasteiger partial charge in [-0.1, -0.05) is 43.7 Å². The van der Waals surface area contributed by atoms with Gasteiger partial charge in [0, 0.05) is 29.9 Å². The van der Waals surface area contributed by atoms with Crippen LogP contribution >= 0.6 is 0 Å². The highest BCUT2D eigenvalue weighted by molar-refractivity contribution is 6.03. The van der Waals surface area contributed by atoms with E-state index >= 15 is 0 Å². The number of carbonyl (C=O) groups is 1. The van der Waals surface area contributed by atoms with Crippen molar-refractivity contribution in [2.24, 2.45) is 0 Å². The van der Waals surface area contributed by atoms with Crippen molar-refractivity contribution in [1.29, 1.82) is 0 Å². The third-order valence-electron chi connectivity index (χ3n) is 6.80. The minimum absolute atomic E-state index is 0.0110. The van der Waals surface area contributed by atoms with Crippen molar-refractivity contribution in [1.82, 2.24) is 14.9 Å². The topological polar surface area (TPSA) is 84.6 Å². The SMILES string of the molecule is CCCCOc1cc2c(c(N)n1)CC(=O)N2Cc1ccc(-c2ccc(CN3CCCC3)cc2)nc1. The summed E-state index contributed by atoms with van der Waals surface area (Å²) in [4.78, 5) is 26.1. The zero-order valence-corrected chi connectivity index (χ0v) is 20.4. The minimum atomic E-state index is 0.0110. The minimum Gasteiger partial charge on any atom is -0.478 e. The van der Waals surface area contributed by atoms with Gasteiger partial charge in [0.1, 0.15) is 5.82 Å². The Kier molecular flexibility index (Phi) is 6.95. The zero-order chi connectivity index (χ0) is 24.2. The number of hydrogen-bond acceptors (Lipinski definition) is 6. The average molecular weight is 472 g/mol. The Morgan fingerprint density at radius 3 is 2.51 bits per heavy atom. The summed E-state index contributed by atoms with van der Waals surface area (Å²) < 4.78 is 5.75. The summed E-state index contributed by atoms with van der Waals surface area (Å²) in [5, 5.41) is 0. The lowest BCUT2D eigenvalue weighted by Gasteiger charge is -2.18. The quantitative estimate of drug-likeness (QED) is 0.460. The van der Waals surface area contributed by atoms with E-state index in [2.05, 4.69) is 46.1 Å². The number of fused-ring (bicyclic) bond motifs is 1. The van der Waals surface area contributed by atoms with Crippen molar-refractivity contribution in [3.8, 4) is 17.1 Å². The molecule has 0 bridgehead atoms. The maximum absolute atomic E-state index is 12.8. The molecule has 2 N–H and O–H groups in total. The molecule has 0 aliphatic carbocycles. The standard InChI is InChI=1S/C28H33N5O2/c1-2-3-14-35-26-16-25-23(28(29)31-26)15-27(34)33(25)19-21-8-11-24(30-17-21)22-9-6-20(7-10-22)18-32-12-4-5-13-32/h6-11,16-17H,2-5,12-15,18-19H2,1H3,(H2,29,31). The molecule has 1 saturated heterocycles. The maximum Gasteiger partial charge on any atom is 0.231 e. The summed E-state index contributed by atoms with van der Waals surface area (Å²) in [6, 6.07) is 14.6. The lowest BCUT2D eigenvalue weighted by molar-refractivity contribution is -0.117. The zero-order valence-electron chi connectivity index (χ0n) is 20.4. The van der Waals surface area contributed by atoms with E-state index in [0.29, 0.717) is 24.8 Å². The van der Waals surface area contributed by atoms with E-state index in [1.807, 2.05) is 24.4 Å². The molecule has 0 saturated carbocycles. The number of unbranched alkanes of at least 4 members (excludes halogenated alkanes) is 1. The van der Waals surface area contributed by atoms with E-state index in [1.165, 1.54) is 31.5 Å². The van der Waals surface area contributed by atoms with Gasteiger partial charge in [0.05, 0.1) is 31.0 Å². The molecule has 7 nitrogen and oxygen atoms in total. The average Bonchev–Trinajstić information content (AvgIpc) is 3.49. The number of ether oxygens (including phenoxy) is 1. The number of nitrogens with two attached hydrogens (primary N) is 1. The van der Waals surface area contributed by atoms with Crippen molar-refractivity contribution in [3.63, 3.8) is 0 Å². The second kappa shape index (κ2) is 10.4. The van der Waals surface area contributed by atoms with Gasteiger partial charge >= 0.3 is 0 Å². The highest BCUT2D eigenvalue weighted by atomic mass is 16.5. The molecule has 7 heteroatoms. The van der Waals surface area contributed by atoms with Crippen LogP contribution in [-0.2, 0) is 24.3 Å². The molecule has 2 aromatic heterocycles. The van der Waals surface area contributed by atoms with Crippen LogP contribution in [0.1, 0.15) is 49.3 Å². The highest BCUT2D eigenvalue weighted by Gasteiger charge is 2.30. The van der Waals surface area contributed by atoms with Crippen molar-refractivity contribution in [2.45, 2.75) is 52.1 Å². The number of benzene rings is 1. The molecule has 5 rings (SSSR count). The molecule has 1 fully saturated rings. The highest BCUT2D eigenvalue weighted by Crippen LogP contribution is 2.36. The first-order chi connectivity index (χ1) is 17.1. The van der Waals surface area contributed by atoms with Gasteiger partial charge in [0.2, 0.25) is 11.8 Å². The van der Waals surface area contributed by atoms with Gasteiger partial charge < -0.3 is 15.4 Å². The van der Waals surface area contributed by atoms with Gasteiger partial charge in [0.15, 0.2) is 0 Å². The Hall–Kier alpha value is -3.45. The molecule has 2 aliphatic rings. The van der Waals surface area contributed by atoms with Crippen LogP contribution in [-0.4, -0.2) is 40.5 Å². The Bertz CT molecular complexity index is 1170. The smallest absolute Gasteiger partial charge is 0.231 e. The Morgan fingerprint density at radius 2 is 1.80 bits per heavy atom. The van der Waals surface area contributed by atoms with Crippen molar-refractivity contribution in [2.75, 3.05) is 30.3 Å². The number of pyridine rings is 2. The molecule has 0 radical (unpaired) electrons. The number of carbonyl (C=O) groups excluding carboxylic acids is 1. The number of hydrogen-bond donors (Lipinski definition) is 1. The number of nitrogen functional groups attached to an aromatic ring is 1. The molecule has 1 amide bonds. The van der Waals surface area contributed by atoms with Crippen molar-refractivity contribution < 1.29 is 9.53 Å². The normalized spacial score (nSPS) is 15.6. The summed E-state index contributed by atoms with van der Waals surface area (Å²) in [7, 11) is 0. The first kappa shape index (κ1) is 23.3. The fraction of sp³-hybridized carbons (Fsp3) is 0.393. The molecule has 0 unspecified atom stereocenters. The van der Waals surface area contributed by atoms with Crippen molar-refractivity contribution in [3.05, 3.63) is 65.4 Å². The van der Waals surface area contributed by atoms with Crippen LogP contribution in [0.4, 0.5) is 11.5 Å². The van der Waals surface area contributed by atoms with Crippen LogP contribution in [0.25, 0.3) is 11.3 Å². The van der Waals surface area contributed by atoms with E-state index < -0.39 is 0 Å². The van der Waals surface area contributed by atoms with Gasteiger partial charge in [-0.2, -0.15) is 4.98 Å². The maximum atomic E-state index is 12.8. The second-order valence-electron chi connectivity index (χ2n) is 9.43. The molecule has 35 heavy (non-hydrogen) atoms. The number of nitrogens with zero attached hydrogens (tertiary/aromatic N) is 4. The lowest BCUT2D eigenvalue weighted by Crippen LogP contribution is -2.26. The fourth-order valence-electron chi connectivity index (χ4n) is 4.78. The molecule has 0 spiro atoms. The van der Waals surface area contributed by atoms with Gasteiger partial charge in [-0.05, 0) is 49.5 Å². The van der Waals surface area contributed by atoms with E-state index in [-0.39, 0.29) is 12.3 Å². The van der Waals surface area contributed by atoms with E-state index in [9.17, 15) is 4.79 Å². The summed E-state index contributed by atoms with van der Waals surface area (Å²) in [5.41, 5.74) is 12.0. The summed E-state index contributed by atoms with van der Waals surface area (Å²) >= 11 is 0. The Labute approximate surface area is 206 Å². The molecule has 1 aromatic carbocycles. The van der Waals surface area contributed by atoms with E-state index in [4.69, 9.17) is 10.5 Å². The summed E-state index contributed by atoms with van der Waals surface area (Å²) in [5.74, 6) is 0.847. The Balaban J connectivity index is 1.27. The number of anilines is 2. The van der Waals surface area contributed by atoms with Gasteiger partial charge in [0.25, 0.3) is 0 Å². The molecular weight excluding hydrogens is 438 g/mol. The van der Waals surface area contributed by atoms with E-state index in [1.54, 1.807) is 4.90 Å². The van der Waals surface area contributed by atoms with Crippen LogP contribution in [0.5, 0.6) is 5.88 Å². The van der Waals surface area contributed by atoms with Gasteiger partial charge in [-0.15, -0.1) is 0 Å². The van der Waals surface area contributed by atoms with Crippen LogP contribution in [0, 0.1) is 0 Å². The van der Waals surface area contributed by atoms with Crippen LogP contribution < -0.4 is 15.4 Å². The van der Waals surface area contributed by atoms with Gasteiger partial charge in [-0.3, -0.25) is 14.7 Å². The Morgan fingerprint density at radius 1 is 1.03 bits per heavy atom. The molecular formula is C28H33N5O2.